The molecule has 0 spiro atoms. The van der Waals surface area contributed by atoms with Gasteiger partial charge in [0.25, 0.3) is 5.91 Å². The Kier molecular flexibility index (Phi) is 9.38. The third kappa shape index (κ3) is 7.51. The van der Waals surface area contributed by atoms with E-state index in [0.29, 0.717) is 36.5 Å². The molecule has 4 aliphatic rings. The fraction of sp³-hybridized carbons (Fsp3) is 0.531. The van der Waals surface area contributed by atoms with Crippen molar-refractivity contribution in [3.05, 3.63) is 47.6 Å². The number of ether oxygens (including phenoxy) is 1. The number of thiazole rings is 1. The highest BCUT2D eigenvalue weighted by atomic mass is 32.2. The monoisotopic (exact) mass is 687 g/mol. The summed E-state index contributed by atoms with van der Waals surface area (Å²) in [5.41, 5.74) is -0.133. The average molecular weight is 688 g/mol. The zero-order valence-corrected chi connectivity index (χ0v) is 27.6. The lowest BCUT2D eigenvalue weighted by atomic mass is 10.1. The van der Waals surface area contributed by atoms with Crippen LogP contribution in [-0.4, -0.2) is 77.5 Å². The molecule has 1 saturated heterocycles. The van der Waals surface area contributed by atoms with E-state index < -0.39 is 62.7 Å². The van der Waals surface area contributed by atoms with Gasteiger partial charge in [-0.15, -0.1) is 11.3 Å². The van der Waals surface area contributed by atoms with Gasteiger partial charge in [0.1, 0.15) is 29.5 Å². The first kappa shape index (κ1) is 33.1. The molecule has 6 rings (SSSR count). The quantitative estimate of drug-likeness (QED) is 0.293. The second kappa shape index (κ2) is 13.3. The van der Waals surface area contributed by atoms with Crippen LogP contribution in [0.3, 0.4) is 0 Å². The van der Waals surface area contributed by atoms with Gasteiger partial charge in [-0.3, -0.25) is 23.9 Å². The number of hydrogen-bond acceptors (Lipinski definition) is 10. The Morgan fingerprint density at radius 3 is 2.62 bits per heavy atom. The highest BCUT2D eigenvalue weighted by molar-refractivity contribution is 7.91. The van der Waals surface area contributed by atoms with Crippen molar-refractivity contribution in [3.63, 3.8) is 0 Å². The van der Waals surface area contributed by atoms with Gasteiger partial charge >= 0.3 is 5.97 Å². The molecule has 15 heteroatoms. The molecule has 2 saturated carbocycles. The number of carbonyl (C=O) groups is 4. The summed E-state index contributed by atoms with van der Waals surface area (Å²) >= 11 is 1.30. The Balaban J connectivity index is 1.26. The van der Waals surface area contributed by atoms with Crippen LogP contribution in [0, 0.1) is 11.7 Å². The van der Waals surface area contributed by atoms with E-state index in [0.717, 1.165) is 24.8 Å². The average Bonchev–Trinajstić information content (AvgIpc) is 3.90. The predicted molar refractivity (Wildman–Crippen MR) is 172 cm³/mol. The molecular weight excluding hydrogens is 650 g/mol. The van der Waals surface area contributed by atoms with Gasteiger partial charge in [0, 0.05) is 30.2 Å². The fourth-order valence-electron chi connectivity index (χ4n) is 6.32. The lowest BCUT2D eigenvalue weighted by Crippen LogP contribution is -2.57. The molecule has 3 N–H and O–H groups in total. The minimum Gasteiger partial charge on any atom is -0.461 e. The molecule has 1 aromatic heterocycles. The highest BCUT2D eigenvalue weighted by Gasteiger charge is 2.62. The van der Waals surface area contributed by atoms with Crippen LogP contribution in [-0.2, 0) is 33.9 Å². The number of halogens is 1. The van der Waals surface area contributed by atoms with Gasteiger partial charge in [-0.05, 0) is 62.8 Å². The Hall–Kier alpha value is -3.85. The number of fused-ring (bicyclic) bond motifs is 2. The molecule has 5 atom stereocenters. The zero-order valence-electron chi connectivity index (χ0n) is 25.9. The number of nitrogens with zero attached hydrogens (tertiary/aromatic N) is 2. The zero-order chi connectivity index (χ0) is 33.3. The summed E-state index contributed by atoms with van der Waals surface area (Å²) in [5, 5.41) is 7.74. The van der Waals surface area contributed by atoms with Gasteiger partial charge in [0.15, 0.2) is 5.13 Å². The van der Waals surface area contributed by atoms with E-state index in [2.05, 4.69) is 20.3 Å². The molecule has 0 bridgehead atoms. The maximum atomic E-state index is 14.2. The molecule has 1 aromatic carbocycles. The first-order valence-electron chi connectivity index (χ1n) is 16.0. The summed E-state index contributed by atoms with van der Waals surface area (Å²) in [6, 6.07) is 4.12. The van der Waals surface area contributed by atoms with Crippen LogP contribution in [0.4, 0.5) is 9.52 Å². The van der Waals surface area contributed by atoms with Crippen LogP contribution < -0.4 is 15.4 Å². The van der Waals surface area contributed by atoms with Gasteiger partial charge in [-0.2, -0.15) is 0 Å². The molecule has 2 aliphatic heterocycles. The Morgan fingerprint density at radius 1 is 1.13 bits per heavy atom. The van der Waals surface area contributed by atoms with Gasteiger partial charge in [-0.25, -0.2) is 17.8 Å². The van der Waals surface area contributed by atoms with Crippen molar-refractivity contribution >= 4 is 50.2 Å². The highest BCUT2D eigenvalue weighted by Crippen LogP contribution is 2.46. The van der Waals surface area contributed by atoms with Gasteiger partial charge in [0.2, 0.25) is 21.8 Å². The summed E-state index contributed by atoms with van der Waals surface area (Å²) < 4.78 is 46.4. The number of benzene rings is 1. The molecule has 0 unspecified atom stereocenters. The van der Waals surface area contributed by atoms with E-state index in [1.165, 1.54) is 35.3 Å². The predicted octanol–water partition coefficient (Wildman–Crippen LogP) is 3.27. The normalized spacial score (nSPS) is 28.9. The summed E-state index contributed by atoms with van der Waals surface area (Å²) in [6.07, 6.45) is 7.80. The van der Waals surface area contributed by atoms with Crippen molar-refractivity contribution in [1.82, 2.24) is 19.9 Å². The van der Waals surface area contributed by atoms with E-state index in [1.54, 1.807) is 12.1 Å². The summed E-state index contributed by atoms with van der Waals surface area (Å²) in [5.74, 6) is -3.11. The van der Waals surface area contributed by atoms with Gasteiger partial charge < -0.3 is 20.3 Å². The SMILES string of the molecule is CC(=O)O[C@@H]1C[C@H]2C(=O)N[C@]3(C(=O)NS(=O)(=O)C4CC4)C[C@H]3/C=C\CCCCC[C@H](Nc3nc(-c4ccc(F)cc4)cs3)C(=O)N2C1. The number of sulfonamides is 1. The maximum absolute atomic E-state index is 14.2. The standard InChI is InChI=1S/C32H38FN5O7S2/c1-19(39)45-23-15-27-28(40)36-32(30(42)37-47(43,44)24-13-14-24)16-21(32)7-5-3-2-4-6-8-25(29(41)38(27)17-23)34-31-35-26(18-46-31)20-9-11-22(33)12-10-20/h5,7,9-12,18,21,23-25,27H,2-4,6,8,13-17H2,1H3,(H,34,35)(H,36,40)(H,37,42)/b7-5-/t21-,23-,25+,27+,32-/m1/s1. The second-order valence-corrected chi connectivity index (χ2v) is 15.5. The summed E-state index contributed by atoms with van der Waals surface area (Å²) in [6.45, 7) is 1.23. The van der Waals surface area contributed by atoms with Gasteiger partial charge in [-0.1, -0.05) is 25.0 Å². The lowest BCUT2D eigenvalue weighted by molar-refractivity contribution is -0.146. The van der Waals surface area contributed by atoms with Crippen molar-refractivity contribution in [2.75, 3.05) is 11.9 Å². The lowest BCUT2D eigenvalue weighted by Gasteiger charge is -2.29. The number of allylic oxidation sites excluding steroid dienone is 1. The number of carbonyl (C=O) groups excluding carboxylic acids is 4. The smallest absolute Gasteiger partial charge is 0.302 e. The molecule has 3 fully saturated rings. The van der Waals surface area contributed by atoms with Crippen molar-refractivity contribution in [3.8, 4) is 11.3 Å². The molecule has 3 amide bonds. The third-order valence-corrected chi connectivity index (χ3v) is 11.7. The third-order valence-electron chi connectivity index (χ3n) is 9.12. The number of hydrogen-bond donors (Lipinski definition) is 3. The van der Waals surface area contributed by atoms with E-state index in [4.69, 9.17) is 4.74 Å². The van der Waals surface area contributed by atoms with E-state index in [9.17, 15) is 32.0 Å². The fourth-order valence-corrected chi connectivity index (χ4v) is 8.46. The number of nitrogens with one attached hydrogen (secondary N) is 3. The van der Waals surface area contributed by atoms with Crippen LogP contribution in [0.5, 0.6) is 0 Å². The molecule has 47 heavy (non-hydrogen) atoms. The molecule has 2 aliphatic carbocycles. The number of anilines is 1. The molecule has 12 nitrogen and oxygen atoms in total. The van der Waals surface area contributed by atoms with Crippen molar-refractivity contribution in [1.29, 1.82) is 0 Å². The number of amides is 3. The van der Waals surface area contributed by atoms with E-state index in [1.807, 2.05) is 17.5 Å². The topological polar surface area (TPSA) is 164 Å². The Bertz CT molecular complexity index is 1680. The Labute approximate surface area is 276 Å². The van der Waals surface area contributed by atoms with Gasteiger partial charge in [0.05, 0.1) is 17.5 Å². The van der Waals surface area contributed by atoms with E-state index in [-0.39, 0.29) is 31.1 Å². The first-order chi connectivity index (χ1) is 22.4. The van der Waals surface area contributed by atoms with Crippen molar-refractivity contribution in [2.24, 2.45) is 5.92 Å². The maximum Gasteiger partial charge on any atom is 0.302 e. The molecule has 2 aromatic rings. The molecular formula is C32H38FN5O7S2. The van der Waals surface area contributed by atoms with Crippen LogP contribution in [0.15, 0.2) is 41.8 Å². The molecule has 252 valence electrons. The largest absolute Gasteiger partial charge is 0.461 e. The number of rotatable bonds is 7. The Morgan fingerprint density at radius 2 is 1.89 bits per heavy atom. The van der Waals surface area contributed by atoms with E-state index >= 15 is 0 Å². The second-order valence-electron chi connectivity index (χ2n) is 12.7. The first-order valence-corrected chi connectivity index (χ1v) is 18.4. The number of esters is 1. The molecule has 0 radical (unpaired) electrons. The van der Waals surface area contributed by atoms with Crippen LogP contribution in [0.1, 0.15) is 64.7 Å². The molecule has 3 heterocycles. The summed E-state index contributed by atoms with van der Waals surface area (Å²) in [7, 11) is -3.86. The minimum atomic E-state index is -3.86. The number of aromatic nitrogens is 1. The van der Waals surface area contributed by atoms with Crippen molar-refractivity contribution < 1.29 is 36.7 Å². The van der Waals surface area contributed by atoms with Crippen molar-refractivity contribution in [2.45, 2.75) is 93.7 Å². The summed E-state index contributed by atoms with van der Waals surface area (Å²) in [4.78, 5) is 59.5. The van der Waals surface area contributed by atoms with Crippen LogP contribution >= 0.6 is 11.3 Å². The van der Waals surface area contributed by atoms with Crippen LogP contribution in [0.2, 0.25) is 0 Å². The van der Waals surface area contributed by atoms with Crippen LogP contribution in [0.25, 0.3) is 11.3 Å². The minimum absolute atomic E-state index is 0.0219.